The van der Waals surface area contributed by atoms with Gasteiger partial charge < -0.3 is 14.5 Å². The Bertz CT molecular complexity index is 774. The van der Waals surface area contributed by atoms with Crippen molar-refractivity contribution < 1.29 is 9.53 Å². The molecule has 4 nitrogen and oxygen atoms in total. The van der Waals surface area contributed by atoms with Crippen LogP contribution in [-0.2, 0) is 9.53 Å². The molecule has 0 spiro atoms. The van der Waals surface area contributed by atoms with Crippen LogP contribution in [0.5, 0.6) is 0 Å². The van der Waals surface area contributed by atoms with Crippen molar-refractivity contribution in [2.45, 2.75) is 195 Å². The minimum absolute atomic E-state index is 0.0124. The molecule has 0 heterocycles. The average Bonchev–Trinajstić information content (AvgIpc) is 3.07. The maximum absolute atomic E-state index is 12.3. The Labute approximate surface area is 315 Å². The van der Waals surface area contributed by atoms with Crippen LogP contribution in [0.1, 0.15) is 195 Å². The van der Waals surface area contributed by atoms with Gasteiger partial charge in [0.1, 0.15) is 0 Å². The molecule has 296 valence electrons. The van der Waals surface area contributed by atoms with E-state index < -0.39 is 0 Å². The second kappa shape index (κ2) is 36.2. The van der Waals surface area contributed by atoms with Crippen molar-refractivity contribution in [1.29, 1.82) is 0 Å². The van der Waals surface area contributed by atoms with Gasteiger partial charge in [-0.25, -0.2) is 0 Å². The minimum Gasteiger partial charge on any atom is -0.465 e. The highest BCUT2D eigenvalue weighted by atomic mass is 16.5. The number of hydrogen-bond donors (Lipinski definition) is 0. The van der Waals surface area contributed by atoms with Crippen LogP contribution in [-0.4, -0.2) is 63.2 Å². The molecule has 0 aromatic rings. The lowest BCUT2D eigenvalue weighted by Crippen LogP contribution is -2.30. The van der Waals surface area contributed by atoms with Gasteiger partial charge in [0.2, 0.25) is 0 Å². The Kier molecular flexibility index (Phi) is 35.4. The Morgan fingerprint density at radius 3 is 1.66 bits per heavy atom. The van der Waals surface area contributed by atoms with Crippen LogP contribution >= 0.6 is 0 Å². The van der Waals surface area contributed by atoms with Gasteiger partial charge in [-0.1, -0.05) is 162 Å². The van der Waals surface area contributed by atoms with Crippen molar-refractivity contribution in [2.24, 2.45) is 23.7 Å². The Balaban J connectivity index is 4.12. The number of carbonyl (C=O) groups is 1. The molecule has 0 saturated carbocycles. The largest absolute Gasteiger partial charge is 0.465 e. The van der Waals surface area contributed by atoms with Crippen LogP contribution in [0.2, 0.25) is 0 Å². The summed E-state index contributed by atoms with van der Waals surface area (Å²) in [5.74, 6) is 2.66. The predicted molar refractivity (Wildman–Crippen MR) is 223 cm³/mol. The van der Waals surface area contributed by atoms with E-state index in [4.69, 9.17) is 4.74 Å². The SMILES string of the molecule is CCCCC/C=C\C/C=C\CCCCCCCCCC(CCCCCCCCC(=O)OCC(CCC(C)C)C(C)C)CCN(C)CCN(C)C. The zero-order chi connectivity index (χ0) is 37.1. The molecule has 0 fully saturated rings. The second-order valence-corrected chi connectivity index (χ2v) is 16.8. The zero-order valence-corrected chi connectivity index (χ0v) is 35.3. The maximum Gasteiger partial charge on any atom is 0.305 e. The molecule has 2 unspecified atom stereocenters. The van der Waals surface area contributed by atoms with E-state index in [0.29, 0.717) is 30.8 Å². The number of rotatable bonds is 37. The van der Waals surface area contributed by atoms with Crippen LogP contribution in [0, 0.1) is 23.7 Å². The fraction of sp³-hybridized carbons (Fsp3) is 0.891. The summed E-state index contributed by atoms with van der Waals surface area (Å²) in [4.78, 5) is 17.2. The van der Waals surface area contributed by atoms with Crippen molar-refractivity contribution in [3.05, 3.63) is 24.3 Å². The molecule has 0 saturated heterocycles. The quantitative estimate of drug-likeness (QED) is 0.0366. The number of hydrogen-bond acceptors (Lipinski definition) is 4. The first-order valence-electron chi connectivity index (χ1n) is 21.9. The summed E-state index contributed by atoms with van der Waals surface area (Å²) < 4.78 is 5.68. The van der Waals surface area contributed by atoms with Crippen LogP contribution in [0.3, 0.4) is 0 Å². The number of allylic oxidation sites excluding steroid dienone is 4. The van der Waals surface area contributed by atoms with Crippen LogP contribution in [0.4, 0.5) is 0 Å². The molecule has 0 aromatic carbocycles. The monoisotopic (exact) mass is 703 g/mol. The second-order valence-electron chi connectivity index (χ2n) is 16.8. The molecule has 50 heavy (non-hydrogen) atoms. The minimum atomic E-state index is 0.0124. The van der Waals surface area contributed by atoms with E-state index in [0.717, 1.165) is 44.7 Å². The average molecular weight is 703 g/mol. The first kappa shape index (κ1) is 48.9. The lowest BCUT2D eigenvalue weighted by Gasteiger charge is -2.23. The predicted octanol–water partition coefficient (Wildman–Crippen LogP) is 13.5. The molecule has 0 rings (SSSR count). The lowest BCUT2D eigenvalue weighted by molar-refractivity contribution is -0.145. The van der Waals surface area contributed by atoms with E-state index in [-0.39, 0.29) is 5.97 Å². The van der Waals surface area contributed by atoms with Crippen LogP contribution in [0.25, 0.3) is 0 Å². The van der Waals surface area contributed by atoms with Gasteiger partial charge in [-0.05, 0) is 103 Å². The first-order chi connectivity index (χ1) is 24.1. The van der Waals surface area contributed by atoms with Gasteiger partial charge in [0.05, 0.1) is 6.61 Å². The van der Waals surface area contributed by atoms with Gasteiger partial charge in [-0.3, -0.25) is 4.79 Å². The summed E-state index contributed by atoms with van der Waals surface area (Å²) in [6.45, 7) is 15.5. The zero-order valence-electron chi connectivity index (χ0n) is 35.3. The Morgan fingerprint density at radius 2 is 1.12 bits per heavy atom. The molecule has 0 amide bonds. The molecule has 0 aliphatic rings. The molecule has 0 radical (unpaired) electrons. The van der Waals surface area contributed by atoms with E-state index in [9.17, 15) is 4.79 Å². The van der Waals surface area contributed by atoms with Crippen molar-refractivity contribution in [1.82, 2.24) is 9.80 Å². The number of unbranched alkanes of at least 4 members (excludes halogenated alkanes) is 15. The topological polar surface area (TPSA) is 32.8 Å². The summed E-state index contributed by atoms with van der Waals surface area (Å²) in [6.07, 6.45) is 41.4. The van der Waals surface area contributed by atoms with Gasteiger partial charge in [0.15, 0.2) is 0 Å². The number of likely N-dealkylation sites (N-methyl/N-ethyl adjacent to an activating group) is 2. The molecular weight excluding hydrogens is 613 g/mol. The summed E-state index contributed by atoms with van der Waals surface area (Å²) >= 11 is 0. The number of esters is 1. The molecule has 2 atom stereocenters. The maximum atomic E-state index is 12.3. The van der Waals surface area contributed by atoms with E-state index in [1.54, 1.807) is 0 Å². The number of nitrogens with zero attached hydrogens (tertiary/aromatic N) is 2. The molecule has 0 aromatic heterocycles. The third-order valence-corrected chi connectivity index (χ3v) is 10.7. The molecule has 4 heteroatoms. The highest BCUT2D eigenvalue weighted by Crippen LogP contribution is 2.23. The normalized spacial score (nSPS) is 13.6. The third kappa shape index (κ3) is 35.3. The summed E-state index contributed by atoms with van der Waals surface area (Å²) in [6, 6.07) is 0. The molecule has 0 aliphatic heterocycles. The highest BCUT2D eigenvalue weighted by molar-refractivity contribution is 5.69. The van der Waals surface area contributed by atoms with Crippen molar-refractivity contribution in [3.63, 3.8) is 0 Å². The fourth-order valence-corrected chi connectivity index (χ4v) is 6.75. The van der Waals surface area contributed by atoms with E-state index in [1.807, 2.05) is 0 Å². The summed E-state index contributed by atoms with van der Waals surface area (Å²) in [5.41, 5.74) is 0. The van der Waals surface area contributed by atoms with Gasteiger partial charge in [-0.2, -0.15) is 0 Å². The molecule has 0 bridgehead atoms. The van der Waals surface area contributed by atoms with E-state index in [2.05, 4.69) is 89.9 Å². The third-order valence-electron chi connectivity index (χ3n) is 10.7. The van der Waals surface area contributed by atoms with E-state index >= 15 is 0 Å². The van der Waals surface area contributed by atoms with Gasteiger partial charge in [-0.15, -0.1) is 0 Å². The Morgan fingerprint density at radius 1 is 0.580 bits per heavy atom. The van der Waals surface area contributed by atoms with Crippen molar-refractivity contribution in [3.8, 4) is 0 Å². The fourth-order valence-electron chi connectivity index (χ4n) is 6.75. The van der Waals surface area contributed by atoms with Gasteiger partial charge in [0.25, 0.3) is 0 Å². The summed E-state index contributed by atoms with van der Waals surface area (Å²) in [5, 5.41) is 0. The van der Waals surface area contributed by atoms with Gasteiger partial charge >= 0.3 is 5.97 Å². The van der Waals surface area contributed by atoms with Crippen molar-refractivity contribution >= 4 is 5.97 Å². The number of carbonyl (C=O) groups excluding carboxylic acids is 1. The van der Waals surface area contributed by atoms with Crippen molar-refractivity contribution in [2.75, 3.05) is 47.4 Å². The number of ether oxygens (including phenoxy) is 1. The van der Waals surface area contributed by atoms with Crippen LogP contribution in [0.15, 0.2) is 24.3 Å². The molecule has 0 N–H and O–H groups in total. The van der Waals surface area contributed by atoms with E-state index in [1.165, 1.54) is 135 Å². The first-order valence-corrected chi connectivity index (χ1v) is 21.9. The Hall–Kier alpha value is -1.13. The molecular formula is C46H90N2O2. The highest BCUT2D eigenvalue weighted by Gasteiger charge is 2.16. The summed E-state index contributed by atoms with van der Waals surface area (Å²) in [7, 11) is 6.65. The molecule has 0 aliphatic carbocycles. The van der Waals surface area contributed by atoms with Crippen LogP contribution < -0.4 is 0 Å². The van der Waals surface area contributed by atoms with Gasteiger partial charge in [0, 0.05) is 19.5 Å². The lowest BCUT2D eigenvalue weighted by atomic mass is 9.89. The smallest absolute Gasteiger partial charge is 0.305 e. The standard InChI is InChI=1S/C46H90N2O2/c1-9-10-11-12-13-14-15-16-17-18-19-20-21-22-23-26-29-32-44(37-38-48(8)40-39-47(6)7)33-30-27-24-25-28-31-34-46(49)50-41-45(43(4)5)36-35-42(2)3/h13-14,16-17,42-45H,9-12,15,18-41H2,1-8H3/b14-13-,17-16-.